The molecule has 5 nitrogen and oxygen atoms in total. The van der Waals surface area contributed by atoms with Crippen LogP contribution in [0.25, 0.3) is 6.08 Å². The highest BCUT2D eigenvalue weighted by Crippen LogP contribution is 2.29. The van der Waals surface area contributed by atoms with Crippen LogP contribution in [-0.2, 0) is 4.79 Å². The maximum atomic E-state index is 12.1. The van der Waals surface area contributed by atoms with Gasteiger partial charge in [-0.25, -0.2) is 0 Å². The van der Waals surface area contributed by atoms with Crippen molar-refractivity contribution in [3.05, 3.63) is 29.5 Å². The van der Waals surface area contributed by atoms with Crippen LogP contribution in [0.4, 0.5) is 0 Å². The smallest absolute Gasteiger partial charge is 0.276 e. The van der Waals surface area contributed by atoms with E-state index < -0.39 is 0 Å². The topological polar surface area (TPSA) is 50.8 Å². The lowest BCUT2D eigenvalue weighted by atomic mass is 10.1. The van der Waals surface area contributed by atoms with Crippen molar-refractivity contribution >= 4 is 29.3 Å². The Morgan fingerprint density at radius 1 is 1.33 bits per heavy atom. The Hall–Kier alpha value is -2.08. The molecule has 1 saturated heterocycles. The molecule has 0 spiro atoms. The molecule has 2 rings (SSSR count). The molecule has 0 saturated carbocycles. The average molecular weight is 306 g/mol. The van der Waals surface area contributed by atoms with Crippen molar-refractivity contribution in [2.24, 2.45) is 0 Å². The third-order valence-corrected chi connectivity index (χ3v) is 3.40. The van der Waals surface area contributed by atoms with Gasteiger partial charge in [0, 0.05) is 6.54 Å². The van der Waals surface area contributed by atoms with Crippen LogP contribution < -0.4 is 14.8 Å². The number of ether oxygens (including phenoxy) is 2. The first-order valence-electron chi connectivity index (χ1n) is 6.76. The number of hydrogen-bond donors (Lipinski definition) is 1. The van der Waals surface area contributed by atoms with Crippen molar-refractivity contribution in [1.82, 2.24) is 10.2 Å². The first-order valence-corrected chi connectivity index (χ1v) is 7.16. The lowest BCUT2D eigenvalue weighted by molar-refractivity contribution is -0.122. The zero-order valence-electron chi connectivity index (χ0n) is 12.3. The van der Waals surface area contributed by atoms with E-state index in [9.17, 15) is 4.79 Å². The maximum Gasteiger partial charge on any atom is 0.276 e. The van der Waals surface area contributed by atoms with E-state index in [4.69, 9.17) is 21.7 Å². The zero-order valence-corrected chi connectivity index (χ0v) is 13.1. The molecule has 0 aliphatic carbocycles. The van der Waals surface area contributed by atoms with Gasteiger partial charge in [0.15, 0.2) is 16.6 Å². The number of nitrogens with zero attached hydrogens (tertiary/aromatic N) is 1. The van der Waals surface area contributed by atoms with Gasteiger partial charge in [-0.15, -0.1) is 0 Å². The summed E-state index contributed by atoms with van der Waals surface area (Å²) in [5, 5.41) is 3.36. The maximum absolute atomic E-state index is 12.1. The Kier molecular flexibility index (Phi) is 4.80. The standard InChI is InChI=1S/C15H18N2O3S/c1-4-17-14(18)11(16-15(17)21)8-10-6-7-12(20-5-2)13(9-10)19-3/h6-9H,4-5H2,1-3H3,(H,16,21)/b11-8-. The lowest BCUT2D eigenvalue weighted by Gasteiger charge is -2.10. The molecule has 1 amide bonds. The summed E-state index contributed by atoms with van der Waals surface area (Å²) in [4.78, 5) is 13.6. The molecule has 0 aromatic heterocycles. The van der Waals surface area contributed by atoms with E-state index >= 15 is 0 Å². The molecule has 1 aromatic rings. The minimum atomic E-state index is -0.115. The summed E-state index contributed by atoms with van der Waals surface area (Å²) in [7, 11) is 1.59. The first kappa shape index (κ1) is 15.3. The zero-order chi connectivity index (χ0) is 15.4. The van der Waals surface area contributed by atoms with Gasteiger partial charge < -0.3 is 14.8 Å². The number of amides is 1. The average Bonchev–Trinajstić information content (AvgIpc) is 2.74. The molecule has 0 radical (unpaired) electrons. The van der Waals surface area contributed by atoms with Gasteiger partial charge in [-0.2, -0.15) is 0 Å². The van der Waals surface area contributed by atoms with E-state index in [2.05, 4.69) is 5.32 Å². The quantitative estimate of drug-likeness (QED) is 0.667. The summed E-state index contributed by atoms with van der Waals surface area (Å²) in [6, 6.07) is 5.52. The van der Waals surface area contributed by atoms with E-state index in [1.54, 1.807) is 13.2 Å². The fraction of sp³-hybridized carbons (Fsp3) is 0.333. The predicted molar refractivity (Wildman–Crippen MR) is 85.3 cm³/mol. The highest BCUT2D eigenvalue weighted by Gasteiger charge is 2.28. The molecular weight excluding hydrogens is 288 g/mol. The predicted octanol–water partition coefficient (Wildman–Crippen LogP) is 2.17. The van der Waals surface area contributed by atoms with Gasteiger partial charge in [-0.3, -0.25) is 9.69 Å². The van der Waals surface area contributed by atoms with E-state index in [0.717, 1.165) is 5.56 Å². The van der Waals surface area contributed by atoms with Crippen LogP contribution in [0.5, 0.6) is 11.5 Å². The molecule has 21 heavy (non-hydrogen) atoms. The number of hydrogen-bond acceptors (Lipinski definition) is 4. The van der Waals surface area contributed by atoms with Gasteiger partial charge >= 0.3 is 0 Å². The summed E-state index contributed by atoms with van der Waals surface area (Å²) in [5.74, 6) is 1.19. The largest absolute Gasteiger partial charge is 0.493 e. The SMILES string of the molecule is CCOc1ccc(/C=C2\NC(=S)N(CC)C2=O)cc1OC. The number of rotatable bonds is 5. The molecule has 0 atom stereocenters. The molecule has 0 unspecified atom stereocenters. The molecule has 6 heteroatoms. The number of thiocarbonyl (C=S) groups is 1. The third-order valence-electron chi connectivity index (χ3n) is 3.08. The summed E-state index contributed by atoms with van der Waals surface area (Å²) in [6.45, 7) is 4.91. The Morgan fingerprint density at radius 2 is 2.10 bits per heavy atom. The van der Waals surface area contributed by atoms with Crippen molar-refractivity contribution in [3.63, 3.8) is 0 Å². The fourth-order valence-electron chi connectivity index (χ4n) is 2.07. The highest BCUT2D eigenvalue weighted by atomic mass is 32.1. The molecule has 0 bridgehead atoms. The Bertz CT molecular complexity index is 599. The van der Waals surface area contributed by atoms with Gasteiger partial charge in [0.2, 0.25) is 0 Å². The van der Waals surface area contributed by atoms with Crippen molar-refractivity contribution < 1.29 is 14.3 Å². The molecule has 1 aliphatic heterocycles. The number of likely N-dealkylation sites (N-methyl/N-ethyl adjacent to an activating group) is 1. The van der Waals surface area contributed by atoms with E-state index in [1.165, 1.54) is 4.90 Å². The summed E-state index contributed by atoms with van der Waals surface area (Å²) in [5.41, 5.74) is 1.31. The third kappa shape index (κ3) is 3.16. The van der Waals surface area contributed by atoms with Crippen LogP contribution in [0.1, 0.15) is 19.4 Å². The fourth-order valence-corrected chi connectivity index (χ4v) is 2.40. The van der Waals surface area contributed by atoms with Crippen molar-refractivity contribution in [2.75, 3.05) is 20.3 Å². The summed E-state index contributed by atoms with van der Waals surface area (Å²) >= 11 is 5.12. The van der Waals surface area contributed by atoms with Crippen molar-refractivity contribution in [3.8, 4) is 11.5 Å². The molecule has 1 heterocycles. The first-order chi connectivity index (χ1) is 10.1. The Balaban J connectivity index is 2.29. The van der Waals surface area contributed by atoms with E-state index in [0.29, 0.717) is 35.5 Å². The molecule has 1 aliphatic rings. The second kappa shape index (κ2) is 6.58. The van der Waals surface area contributed by atoms with Gasteiger partial charge in [0.1, 0.15) is 5.70 Å². The van der Waals surface area contributed by atoms with Crippen LogP contribution in [0.15, 0.2) is 23.9 Å². The Morgan fingerprint density at radius 3 is 2.67 bits per heavy atom. The number of benzene rings is 1. The molecule has 112 valence electrons. The Labute approximate surface area is 129 Å². The minimum Gasteiger partial charge on any atom is -0.493 e. The van der Waals surface area contributed by atoms with Crippen LogP contribution in [0.3, 0.4) is 0 Å². The summed E-state index contributed by atoms with van der Waals surface area (Å²) < 4.78 is 10.8. The number of nitrogens with one attached hydrogen (secondary N) is 1. The van der Waals surface area contributed by atoms with Gasteiger partial charge in [0.05, 0.1) is 13.7 Å². The lowest BCUT2D eigenvalue weighted by Crippen LogP contribution is -2.30. The van der Waals surface area contributed by atoms with Gasteiger partial charge in [0.25, 0.3) is 5.91 Å². The number of carbonyl (C=O) groups is 1. The number of carbonyl (C=O) groups excluding carboxylic acids is 1. The highest BCUT2D eigenvalue weighted by molar-refractivity contribution is 7.80. The monoisotopic (exact) mass is 306 g/mol. The molecular formula is C15H18N2O3S. The second-order valence-electron chi connectivity index (χ2n) is 4.38. The van der Waals surface area contributed by atoms with Gasteiger partial charge in [-0.05, 0) is 49.8 Å². The molecule has 1 fully saturated rings. The normalized spacial score (nSPS) is 16.3. The second-order valence-corrected chi connectivity index (χ2v) is 4.77. The van der Waals surface area contributed by atoms with Crippen LogP contribution >= 0.6 is 12.2 Å². The minimum absolute atomic E-state index is 0.115. The number of methoxy groups -OCH3 is 1. The van der Waals surface area contributed by atoms with Crippen LogP contribution in [0.2, 0.25) is 0 Å². The van der Waals surface area contributed by atoms with Crippen molar-refractivity contribution in [1.29, 1.82) is 0 Å². The molecule has 1 aromatic carbocycles. The van der Waals surface area contributed by atoms with Gasteiger partial charge in [-0.1, -0.05) is 6.07 Å². The van der Waals surface area contributed by atoms with Crippen LogP contribution in [0, 0.1) is 0 Å². The van der Waals surface area contributed by atoms with E-state index in [1.807, 2.05) is 32.0 Å². The molecule has 1 N–H and O–H groups in total. The van der Waals surface area contributed by atoms with Crippen LogP contribution in [-0.4, -0.2) is 36.2 Å². The van der Waals surface area contributed by atoms with Crippen molar-refractivity contribution in [2.45, 2.75) is 13.8 Å². The summed E-state index contributed by atoms with van der Waals surface area (Å²) in [6.07, 6.45) is 1.75. The van der Waals surface area contributed by atoms with E-state index in [-0.39, 0.29) is 5.91 Å².